The third-order valence-electron chi connectivity index (χ3n) is 3.59. The van der Waals surface area contributed by atoms with E-state index in [1.807, 2.05) is 49.4 Å². The van der Waals surface area contributed by atoms with Crippen molar-refractivity contribution in [3.8, 4) is 11.5 Å². The summed E-state index contributed by atoms with van der Waals surface area (Å²) in [5.41, 5.74) is 3.19. The van der Waals surface area contributed by atoms with Crippen molar-refractivity contribution in [1.29, 1.82) is 0 Å². The lowest BCUT2D eigenvalue weighted by Gasteiger charge is -2.11. The molecule has 0 amide bonds. The van der Waals surface area contributed by atoms with Crippen LogP contribution in [0, 0.1) is 0 Å². The lowest BCUT2D eigenvalue weighted by Crippen LogP contribution is -2.13. The van der Waals surface area contributed by atoms with E-state index < -0.39 is 0 Å². The molecule has 0 aliphatic carbocycles. The van der Waals surface area contributed by atoms with Gasteiger partial charge in [0.1, 0.15) is 5.82 Å². The van der Waals surface area contributed by atoms with Gasteiger partial charge in [0, 0.05) is 6.54 Å². The Balaban J connectivity index is 1.61. The fourth-order valence-corrected chi connectivity index (χ4v) is 2.51. The Morgan fingerprint density at radius 1 is 1.09 bits per heavy atom. The zero-order valence-electron chi connectivity index (χ0n) is 13.4. The van der Waals surface area contributed by atoms with Gasteiger partial charge in [-0.3, -0.25) is 0 Å². The van der Waals surface area contributed by atoms with Crippen molar-refractivity contribution in [2.24, 2.45) is 0 Å². The molecule has 0 fully saturated rings. The second kappa shape index (κ2) is 7.15. The molecule has 23 heavy (non-hydrogen) atoms. The predicted octanol–water partition coefficient (Wildman–Crippen LogP) is 3.26. The van der Waals surface area contributed by atoms with Crippen LogP contribution in [0.15, 0.2) is 42.5 Å². The van der Waals surface area contributed by atoms with Crippen LogP contribution in [0.25, 0.3) is 11.0 Å². The van der Waals surface area contributed by atoms with Crippen LogP contribution in [0.4, 0.5) is 0 Å². The second-order valence-corrected chi connectivity index (χ2v) is 5.22. The van der Waals surface area contributed by atoms with Crippen LogP contribution in [-0.2, 0) is 13.1 Å². The third kappa shape index (κ3) is 3.63. The summed E-state index contributed by atoms with van der Waals surface area (Å²) >= 11 is 0. The van der Waals surface area contributed by atoms with Crippen molar-refractivity contribution >= 4 is 11.0 Å². The maximum absolute atomic E-state index is 5.53. The Morgan fingerprint density at radius 2 is 1.96 bits per heavy atom. The summed E-state index contributed by atoms with van der Waals surface area (Å²) in [6.07, 6.45) is 0. The molecule has 2 N–H and O–H groups in total. The molecule has 3 aromatic rings. The number of imidazole rings is 1. The summed E-state index contributed by atoms with van der Waals surface area (Å²) in [5.74, 6) is 2.47. The largest absolute Gasteiger partial charge is 0.493 e. The number of fused-ring (bicyclic) bond motifs is 1. The summed E-state index contributed by atoms with van der Waals surface area (Å²) in [7, 11) is 1.66. The zero-order chi connectivity index (χ0) is 16.1. The predicted molar refractivity (Wildman–Crippen MR) is 90.8 cm³/mol. The lowest BCUT2D eigenvalue weighted by atomic mass is 10.2. The molecule has 0 aliphatic rings. The van der Waals surface area contributed by atoms with E-state index in [0.717, 1.165) is 40.5 Å². The molecule has 0 bridgehead atoms. The first-order valence-corrected chi connectivity index (χ1v) is 7.74. The number of H-pyrrole nitrogens is 1. The fourth-order valence-electron chi connectivity index (χ4n) is 2.51. The molecule has 5 nitrogen and oxygen atoms in total. The number of nitrogens with zero attached hydrogens (tertiary/aromatic N) is 1. The van der Waals surface area contributed by atoms with Gasteiger partial charge in [-0.15, -0.1) is 0 Å². The highest BCUT2D eigenvalue weighted by atomic mass is 16.5. The van der Waals surface area contributed by atoms with Crippen LogP contribution in [0.5, 0.6) is 11.5 Å². The van der Waals surface area contributed by atoms with Crippen molar-refractivity contribution < 1.29 is 9.47 Å². The van der Waals surface area contributed by atoms with Gasteiger partial charge in [0.2, 0.25) is 0 Å². The lowest BCUT2D eigenvalue weighted by molar-refractivity contribution is 0.310. The number of aromatic amines is 1. The van der Waals surface area contributed by atoms with Crippen LogP contribution in [-0.4, -0.2) is 23.7 Å². The topological polar surface area (TPSA) is 59.2 Å². The molecule has 0 aliphatic heterocycles. The number of rotatable bonds is 7. The normalized spacial score (nSPS) is 10.9. The first kappa shape index (κ1) is 15.4. The fraction of sp³-hybridized carbons (Fsp3) is 0.278. The standard InChI is InChI=1S/C18H21N3O2/c1-3-23-16-9-8-13(10-17(16)22-2)11-19-12-18-20-14-6-4-5-7-15(14)21-18/h4-10,19H,3,11-12H2,1-2H3,(H,20,21). The zero-order valence-corrected chi connectivity index (χ0v) is 13.4. The SMILES string of the molecule is CCOc1ccc(CNCc2nc3ccccc3[nH]2)cc1OC. The molecule has 2 aromatic carbocycles. The van der Waals surface area contributed by atoms with Gasteiger partial charge < -0.3 is 19.8 Å². The monoisotopic (exact) mass is 311 g/mol. The van der Waals surface area contributed by atoms with Crippen LogP contribution in [0.2, 0.25) is 0 Å². The molecule has 3 rings (SSSR count). The summed E-state index contributed by atoms with van der Waals surface area (Å²) in [5, 5.41) is 3.39. The third-order valence-corrected chi connectivity index (χ3v) is 3.59. The molecule has 1 aromatic heterocycles. The molecule has 5 heteroatoms. The Labute approximate surface area is 135 Å². The maximum Gasteiger partial charge on any atom is 0.161 e. The molecule has 120 valence electrons. The van der Waals surface area contributed by atoms with E-state index in [9.17, 15) is 0 Å². The molecule has 0 atom stereocenters. The van der Waals surface area contributed by atoms with E-state index >= 15 is 0 Å². The number of hydrogen-bond acceptors (Lipinski definition) is 4. The molecular weight excluding hydrogens is 290 g/mol. The van der Waals surface area contributed by atoms with Crippen molar-refractivity contribution in [2.45, 2.75) is 20.0 Å². The van der Waals surface area contributed by atoms with Crippen molar-refractivity contribution in [1.82, 2.24) is 15.3 Å². The number of benzene rings is 2. The van der Waals surface area contributed by atoms with Crippen LogP contribution in [0.3, 0.4) is 0 Å². The second-order valence-electron chi connectivity index (χ2n) is 5.22. The molecular formula is C18H21N3O2. The minimum Gasteiger partial charge on any atom is -0.493 e. The van der Waals surface area contributed by atoms with Gasteiger partial charge in [-0.2, -0.15) is 0 Å². The number of hydrogen-bond donors (Lipinski definition) is 2. The highest BCUT2D eigenvalue weighted by Gasteiger charge is 2.06. The van der Waals surface area contributed by atoms with E-state index in [1.165, 1.54) is 0 Å². The minimum absolute atomic E-state index is 0.625. The molecule has 0 spiro atoms. The van der Waals surface area contributed by atoms with E-state index in [4.69, 9.17) is 9.47 Å². The van der Waals surface area contributed by atoms with Gasteiger partial charge >= 0.3 is 0 Å². The van der Waals surface area contributed by atoms with Gasteiger partial charge in [-0.25, -0.2) is 4.98 Å². The average molecular weight is 311 g/mol. The Bertz CT molecular complexity index is 750. The first-order valence-electron chi connectivity index (χ1n) is 7.74. The number of para-hydroxylation sites is 2. The van der Waals surface area contributed by atoms with E-state index in [-0.39, 0.29) is 0 Å². The van der Waals surface area contributed by atoms with E-state index in [2.05, 4.69) is 15.3 Å². The van der Waals surface area contributed by atoms with Crippen LogP contribution in [0.1, 0.15) is 18.3 Å². The van der Waals surface area contributed by atoms with Gasteiger partial charge in [0.15, 0.2) is 11.5 Å². The average Bonchev–Trinajstić information content (AvgIpc) is 2.99. The Kier molecular flexibility index (Phi) is 4.78. The van der Waals surface area contributed by atoms with Gasteiger partial charge in [-0.05, 0) is 36.8 Å². The maximum atomic E-state index is 5.53. The highest BCUT2D eigenvalue weighted by Crippen LogP contribution is 2.27. The summed E-state index contributed by atoms with van der Waals surface area (Å²) in [6, 6.07) is 14.0. The molecule has 1 heterocycles. The number of aromatic nitrogens is 2. The van der Waals surface area contributed by atoms with Crippen LogP contribution < -0.4 is 14.8 Å². The quantitative estimate of drug-likeness (QED) is 0.703. The summed E-state index contributed by atoms with van der Waals surface area (Å²) in [4.78, 5) is 7.87. The van der Waals surface area contributed by atoms with Crippen molar-refractivity contribution in [2.75, 3.05) is 13.7 Å². The Morgan fingerprint density at radius 3 is 2.74 bits per heavy atom. The molecule has 0 saturated heterocycles. The highest BCUT2D eigenvalue weighted by molar-refractivity contribution is 5.74. The van der Waals surface area contributed by atoms with Crippen molar-refractivity contribution in [3.05, 3.63) is 53.9 Å². The van der Waals surface area contributed by atoms with Gasteiger partial charge in [0.05, 0.1) is 31.3 Å². The van der Waals surface area contributed by atoms with Crippen LogP contribution >= 0.6 is 0 Å². The molecule has 0 saturated carbocycles. The minimum atomic E-state index is 0.625. The number of methoxy groups -OCH3 is 1. The number of nitrogens with one attached hydrogen (secondary N) is 2. The van der Waals surface area contributed by atoms with E-state index in [0.29, 0.717) is 13.2 Å². The van der Waals surface area contributed by atoms with Gasteiger partial charge in [0.25, 0.3) is 0 Å². The Hall–Kier alpha value is -2.53. The summed E-state index contributed by atoms with van der Waals surface area (Å²) in [6.45, 7) is 4.01. The van der Waals surface area contributed by atoms with Crippen molar-refractivity contribution in [3.63, 3.8) is 0 Å². The van der Waals surface area contributed by atoms with Gasteiger partial charge in [-0.1, -0.05) is 18.2 Å². The summed E-state index contributed by atoms with van der Waals surface area (Å²) < 4.78 is 10.9. The first-order chi connectivity index (χ1) is 11.3. The molecule has 0 radical (unpaired) electrons. The smallest absolute Gasteiger partial charge is 0.161 e. The molecule has 0 unspecified atom stereocenters. The number of ether oxygens (including phenoxy) is 2. The van der Waals surface area contributed by atoms with E-state index in [1.54, 1.807) is 7.11 Å².